The van der Waals surface area contributed by atoms with E-state index in [1.54, 1.807) is 43.5 Å². The fraction of sp³-hybridized carbons (Fsp3) is 0.185. The normalized spacial score (nSPS) is 12.3. The highest BCUT2D eigenvalue weighted by Gasteiger charge is 2.35. The molecule has 0 spiro atoms. The van der Waals surface area contributed by atoms with E-state index in [4.69, 9.17) is 14.6 Å². The molecule has 0 aromatic heterocycles. The Kier molecular flexibility index (Phi) is 7.00. The summed E-state index contributed by atoms with van der Waals surface area (Å²) in [5.41, 5.74) is 2.62. The largest absolute Gasteiger partial charge is 0.493 e. The molecule has 9 heteroatoms. The van der Waals surface area contributed by atoms with Crippen LogP contribution in [-0.2, 0) is 17.6 Å². The predicted molar refractivity (Wildman–Crippen MR) is 131 cm³/mol. The number of methoxy groups -OCH3 is 2. The van der Waals surface area contributed by atoms with Gasteiger partial charge >= 0.3 is 5.97 Å². The summed E-state index contributed by atoms with van der Waals surface area (Å²) in [6.07, 6.45) is 0.314. The molecular weight excluding hydrogens is 464 g/mol. The second-order valence-electron chi connectivity index (χ2n) is 8.18. The molecule has 0 unspecified atom stereocenters. The van der Waals surface area contributed by atoms with Crippen LogP contribution in [0, 0.1) is 0 Å². The van der Waals surface area contributed by atoms with Crippen molar-refractivity contribution in [3.63, 3.8) is 0 Å². The highest BCUT2D eigenvalue weighted by molar-refractivity contribution is 6.22. The van der Waals surface area contributed by atoms with Crippen LogP contribution in [0.5, 0.6) is 11.5 Å². The van der Waals surface area contributed by atoms with Gasteiger partial charge in [-0.3, -0.25) is 24.1 Å². The zero-order valence-corrected chi connectivity index (χ0v) is 19.7. The number of nitrogens with one attached hydrogen (secondary N) is 1. The van der Waals surface area contributed by atoms with Crippen molar-refractivity contribution in [2.24, 2.45) is 0 Å². The maximum atomic E-state index is 13.0. The van der Waals surface area contributed by atoms with E-state index in [2.05, 4.69) is 5.32 Å². The molecule has 1 heterocycles. The number of carboxylic acid groups (broad SMARTS) is 1. The Morgan fingerprint density at radius 2 is 1.50 bits per heavy atom. The van der Waals surface area contributed by atoms with Crippen LogP contribution in [0.2, 0.25) is 0 Å². The monoisotopic (exact) mass is 488 g/mol. The number of nitrogens with zero attached hydrogens (tertiary/aromatic N) is 1. The van der Waals surface area contributed by atoms with Gasteiger partial charge in [-0.25, -0.2) is 0 Å². The van der Waals surface area contributed by atoms with Crippen LogP contribution < -0.4 is 14.8 Å². The van der Waals surface area contributed by atoms with Gasteiger partial charge in [-0.05, 0) is 60.0 Å². The first-order valence-electron chi connectivity index (χ1n) is 11.1. The van der Waals surface area contributed by atoms with Gasteiger partial charge in [0.15, 0.2) is 11.5 Å². The lowest BCUT2D eigenvalue weighted by Gasteiger charge is -2.14. The number of hydrogen-bond donors (Lipinski definition) is 2. The van der Waals surface area contributed by atoms with Gasteiger partial charge in [0.25, 0.3) is 17.7 Å². The first-order valence-corrected chi connectivity index (χ1v) is 11.1. The smallest absolute Gasteiger partial charge is 0.307 e. The van der Waals surface area contributed by atoms with Gasteiger partial charge in [-0.1, -0.05) is 18.2 Å². The van der Waals surface area contributed by atoms with E-state index in [0.29, 0.717) is 29.2 Å². The van der Waals surface area contributed by atoms with Crippen molar-refractivity contribution >= 4 is 29.4 Å². The van der Waals surface area contributed by atoms with Crippen LogP contribution in [0.15, 0.2) is 60.7 Å². The topological polar surface area (TPSA) is 122 Å². The molecule has 0 aliphatic carbocycles. The van der Waals surface area contributed by atoms with Gasteiger partial charge in [-0.2, -0.15) is 0 Å². The van der Waals surface area contributed by atoms with Crippen molar-refractivity contribution in [3.8, 4) is 11.5 Å². The molecular formula is C27H24N2O7. The van der Waals surface area contributed by atoms with Crippen LogP contribution in [-0.4, -0.2) is 54.5 Å². The number of carbonyl (C=O) groups is 4. The molecule has 4 rings (SSSR count). The molecule has 0 saturated carbocycles. The minimum Gasteiger partial charge on any atom is -0.493 e. The number of imide groups is 1. The second kappa shape index (κ2) is 10.3. The van der Waals surface area contributed by atoms with E-state index >= 15 is 0 Å². The minimum absolute atomic E-state index is 0.113. The molecule has 0 saturated heterocycles. The van der Waals surface area contributed by atoms with Crippen LogP contribution >= 0.6 is 0 Å². The number of fused-ring (bicyclic) bond motifs is 1. The summed E-state index contributed by atoms with van der Waals surface area (Å²) in [7, 11) is 3.08. The third-order valence-electron chi connectivity index (χ3n) is 5.87. The Balaban J connectivity index is 1.44. The number of ether oxygens (including phenoxy) is 2. The van der Waals surface area contributed by atoms with Gasteiger partial charge in [0.2, 0.25) is 0 Å². The molecule has 36 heavy (non-hydrogen) atoms. The van der Waals surface area contributed by atoms with Gasteiger partial charge < -0.3 is 19.9 Å². The van der Waals surface area contributed by atoms with Crippen molar-refractivity contribution in [3.05, 3.63) is 88.5 Å². The Bertz CT molecular complexity index is 1350. The number of carboxylic acids is 1. The number of rotatable bonds is 9. The lowest BCUT2D eigenvalue weighted by molar-refractivity contribution is -0.136. The summed E-state index contributed by atoms with van der Waals surface area (Å²) in [6.45, 7) is 0.173. The molecule has 3 amide bonds. The van der Waals surface area contributed by atoms with Gasteiger partial charge in [0, 0.05) is 17.8 Å². The molecule has 0 fully saturated rings. The Labute approximate surface area is 207 Å². The van der Waals surface area contributed by atoms with Crippen LogP contribution in [0.25, 0.3) is 0 Å². The van der Waals surface area contributed by atoms with Crippen LogP contribution in [0.3, 0.4) is 0 Å². The predicted octanol–water partition coefficient (Wildman–Crippen LogP) is 3.42. The number of hydrogen-bond acceptors (Lipinski definition) is 6. The van der Waals surface area contributed by atoms with Crippen molar-refractivity contribution in [1.29, 1.82) is 0 Å². The number of amides is 3. The van der Waals surface area contributed by atoms with E-state index in [-0.39, 0.29) is 29.7 Å². The number of aliphatic carboxylic acids is 1. The van der Waals surface area contributed by atoms with Crippen molar-refractivity contribution in [2.75, 3.05) is 26.1 Å². The first-order chi connectivity index (χ1) is 17.3. The summed E-state index contributed by atoms with van der Waals surface area (Å²) >= 11 is 0. The second-order valence-corrected chi connectivity index (χ2v) is 8.18. The number of benzene rings is 3. The van der Waals surface area contributed by atoms with Crippen LogP contribution in [0.1, 0.15) is 42.2 Å². The number of anilines is 1. The van der Waals surface area contributed by atoms with Crippen molar-refractivity contribution in [2.45, 2.75) is 12.8 Å². The Hall–Kier alpha value is -4.66. The van der Waals surface area contributed by atoms with Crippen molar-refractivity contribution in [1.82, 2.24) is 4.90 Å². The molecule has 0 bridgehead atoms. The summed E-state index contributed by atoms with van der Waals surface area (Å²) in [5, 5.41) is 11.6. The van der Waals surface area contributed by atoms with Crippen LogP contribution in [0.4, 0.5) is 5.69 Å². The molecule has 184 valence electrons. The summed E-state index contributed by atoms with van der Waals surface area (Å²) in [5.74, 6) is -1.11. The fourth-order valence-corrected chi connectivity index (χ4v) is 4.00. The van der Waals surface area contributed by atoms with E-state index in [1.165, 1.54) is 30.2 Å². The third-order valence-corrected chi connectivity index (χ3v) is 5.87. The molecule has 2 N–H and O–H groups in total. The van der Waals surface area contributed by atoms with E-state index in [0.717, 1.165) is 5.56 Å². The maximum Gasteiger partial charge on any atom is 0.307 e. The Morgan fingerprint density at radius 3 is 2.17 bits per heavy atom. The average molecular weight is 488 g/mol. The SMILES string of the molecule is COc1ccc(CCN2C(=O)c3ccc(C(=O)Nc4ccc(CC(=O)O)cc4)cc3C2=O)cc1OC. The zero-order chi connectivity index (χ0) is 25.8. The molecule has 0 atom stereocenters. The molecule has 1 aliphatic rings. The maximum absolute atomic E-state index is 13.0. The van der Waals surface area contributed by atoms with Gasteiger partial charge in [-0.15, -0.1) is 0 Å². The summed E-state index contributed by atoms with van der Waals surface area (Å²) in [6, 6.07) is 16.2. The fourth-order valence-electron chi connectivity index (χ4n) is 4.00. The highest BCUT2D eigenvalue weighted by Crippen LogP contribution is 2.29. The van der Waals surface area contributed by atoms with Gasteiger partial charge in [0.05, 0.1) is 31.8 Å². The first kappa shape index (κ1) is 24.5. The average Bonchev–Trinajstić information content (AvgIpc) is 3.12. The van der Waals surface area contributed by atoms with Gasteiger partial charge in [0.1, 0.15) is 0 Å². The van der Waals surface area contributed by atoms with E-state index in [9.17, 15) is 19.2 Å². The standard InChI is InChI=1S/C27H24N2O7/c1-35-22-10-5-17(13-23(22)36-2)11-12-29-26(33)20-9-6-18(15-21(20)27(29)34)25(32)28-19-7-3-16(4-8-19)14-24(30)31/h3-10,13,15H,11-12,14H2,1-2H3,(H,28,32)(H,30,31). The highest BCUT2D eigenvalue weighted by atomic mass is 16.5. The molecule has 3 aromatic rings. The number of carbonyl (C=O) groups excluding carboxylic acids is 3. The quantitative estimate of drug-likeness (QED) is 0.443. The van der Waals surface area contributed by atoms with E-state index < -0.39 is 23.7 Å². The van der Waals surface area contributed by atoms with Crippen molar-refractivity contribution < 1.29 is 33.8 Å². The molecule has 0 radical (unpaired) electrons. The lowest BCUT2D eigenvalue weighted by atomic mass is 10.1. The van der Waals surface area contributed by atoms with E-state index in [1.807, 2.05) is 6.07 Å². The Morgan fingerprint density at radius 1 is 0.833 bits per heavy atom. The summed E-state index contributed by atoms with van der Waals surface area (Å²) in [4.78, 5) is 50.6. The third kappa shape index (κ3) is 5.05. The molecule has 9 nitrogen and oxygen atoms in total. The summed E-state index contributed by atoms with van der Waals surface area (Å²) < 4.78 is 10.5. The lowest BCUT2D eigenvalue weighted by Crippen LogP contribution is -2.31. The zero-order valence-electron chi connectivity index (χ0n) is 19.7. The minimum atomic E-state index is -0.943. The molecule has 1 aliphatic heterocycles. The molecule has 3 aromatic carbocycles.